The first-order valence-electron chi connectivity index (χ1n) is 2.61. The molecule has 0 aliphatic carbocycles. The number of hydrogen-bond acceptors (Lipinski definition) is 2. The van der Waals surface area contributed by atoms with Crippen molar-refractivity contribution in [2.45, 2.75) is 20.3 Å². The molecule has 0 aromatic heterocycles. The summed E-state index contributed by atoms with van der Waals surface area (Å²) in [6, 6.07) is 0. The van der Waals surface area contributed by atoms with Crippen LogP contribution in [0.15, 0.2) is 16.4 Å². The van der Waals surface area contributed by atoms with E-state index in [2.05, 4.69) is 17.9 Å². The minimum atomic E-state index is 1.03. The van der Waals surface area contributed by atoms with Crippen LogP contribution in [0, 0.1) is 0 Å². The molecule has 0 saturated heterocycles. The lowest BCUT2D eigenvalue weighted by molar-refractivity contribution is 1.27. The summed E-state index contributed by atoms with van der Waals surface area (Å²) in [5, 5.41) is 1.72. The lowest BCUT2D eigenvalue weighted by Gasteiger charge is -1.87. The van der Waals surface area contributed by atoms with E-state index in [9.17, 15) is 0 Å². The molecule has 0 spiro atoms. The Balaban J connectivity index is 3.40. The summed E-state index contributed by atoms with van der Waals surface area (Å²) < 4.78 is 4.08. The molecule has 0 rings (SSSR count). The van der Waals surface area contributed by atoms with E-state index in [1.807, 2.05) is 6.92 Å². The molecular weight excluding hydrogens is 118 g/mol. The van der Waals surface area contributed by atoms with Gasteiger partial charge in [0.1, 0.15) is 0 Å². The Hall–Kier alpha value is -0.240. The first-order valence-corrected chi connectivity index (χ1v) is 3.45. The van der Waals surface area contributed by atoms with Crippen molar-refractivity contribution in [1.82, 2.24) is 0 Å². The molecule has 0 saturated carbocycles. The summed E-state index contributed by atoms with van der Waals surface area (Å²) >= 11 is 1.39. The molecule has 0 amide bonds. The maximum absolute atomic E-state index is 4.08. The van der Waals surface area contributed by atoms with Gasteiger partial charge in [0, 0.05) is 17.7 Å². The number of hydrogen-bond donors (Lipinski definition) is 0. The normalized spacial score (nSPS) is 11.5. The van der Waals surface area contributed by atoms with Gasteiger partial charge in [0.15, 0.2) is 0 Å². The summed E-state index contributed by atoms with van der Waals surface area (Å²) in [5.74, 6) is 0. The molecule has 0 radical (unpaired) electrons. The zero-order valence-electron chi connectivity index (χ0n) is 5.35. The average Bonchev–Trinajstić information content (AvgIpc) is 1.83. The predicted octanol–water partition coefficient (Wildman–Crippen LogP) is 2.65. The topological polar surface area (TPSA) is 12.4 Å². The molecule has 0 unspecified atom stereocenters. The Kier molecular flexibility index (Phi) is 4.76. The SMILES string of the molecule is C=CS/N=C(/C)CC. The number of rotatable bonds is 3. The van der Waals surface area contributed by atoms with E-state index in [1.165, 1.54) is 11.9 Å². The fraction of sp³-hybridized carbons (Fsp3) is 0.500. The molecule has 0 aromatic rings. The van der Waals surface area contributed by atoms with Crippen molar-refractivity contribution in [1.29, 1.82) is 0 Å². The van der Waals surface area contributed by atoms with Gasteiger partial charge in [0.05, 0.1) is 0 Å². The highest BCUT2D eigenvalue weighted by Crippen LogP contribution is 2.02. The summed E-state index contributed by atoms with van der Waals surface area (Å²) in [6.07, 6.45) is 1.03. The van der Waals surface area contributed by atoms with Crippen LogP contribution in [0.3, 0.4) is 0 Å². The lowest BCUT2D eigenvalue weighted by atomic mass is 10.3. The Bertz CT molecular complexity index is 96.7. The van der Waals surface area contributed by atoms with Gasteiger partial charge in [-0.15, -0.1) is 0 Å². The molecule has 0 atom stereocenters. The minimum Gasteiger partial charge on any atom is -0.221 e. The van der Waals surface area contributed by atoms with E-state index in [0.29, 0.717) is 0 Å². The number of nitrogens with zero attached hydrogens (tertiary/aromatic N) is 1. The summed E-state index contributed by atoms with van der Waals surface area (Å²) in [4.78, 5) is 0. The average molecular weight is 129 g/mol. The van der Waals surface area contributed by atoms with Crippen molar-refractivity contribution < 1.29 is 0 Å². The zero-order valence-corrected chi connectivity index (χ0v) is 6.16. The lowest BCUT2D eigenvalue weighted by Crippen LogP contribution is -1.82. The second-order valence-electron chi connectivity index (χ2n) is 1.45. The second kappa shape index (κ2) is 4.91. The smallest absolute Gasteiger partial charge is 0.0232 e. The first kappa shape index (κ1) is 7.76. The molecule has 0 bridgehead atoms. The first-order chi connectivity index (χ1) is 3.81. The Morgan fingerprint density at radius 3 is 2.88 bits per heavy atom. The molecule has 0 aliphatic heterocycles. The molecule has 8 heavy (non-hydrogen) atoms. The van der Waals surface area contributed by atoms with Crippen molar-refractivity contribution in [3.63, 3.8) is 0 Å². The molecule has 0 heterocycles. The van der Waals surface area contributed by atoms with Gasteiger partial charge in [-0.2, -0.15) is 0 Å². The Morgan fingerprint density at radius 2 is 2.50 bits per heavy atom. The molecule has 0 N–H and O–H groups in total. The third-order valence-electron chi connectivity index (χ3n) is 0.795. The van der Waals surface area contributed by atoms with Gasteiger partial charge in [-0.3, -0.25) is 0 Å². The monoisotopic (exact) mass is 129 g/mol. The fourth-order valence-electron chi connectivity index (χ4n) is 0.192. The van der Waals surface area contributed by atoms with E-state index in [0.717, 1.165) is 12.1 Å². The largest absolute Gasteiger partial charge is 0.221 e. The highest BCUT2D eigenvalue weighted by molar-refractivity contribution is 8.01. The molecule has 2 heteroatoms. The third-order valence-corrected chi connectivity index (χ3v) is 1.36. The van der Waals surface area contributed by atoms with Crippen LogP contribution in [-0.4, -0.2) is 5.71 Å². The van der Waals surface area contributed by atoms with Crippen LogP contribution >= 0.6 is 11.9 Å². The highest BCUT2D eigenvalue weighted by atomic mass is 32.2. The van der Waals surface area contributed by atoms with E-state index in [1.54, 1.807) is 5.41 Å². The second-order valence-corrected chi connectivity index (χ2v) is 2.18. The zero-order chi connectivity index (χ0) is 6.41. The van der Waals surface area contributed by atoms with E-state index in [-0.39, 0.29) is 0 Å². The van der Waals surface area contributed by atoms with E-state index in [4.69, 9.17) is 0 Å². The van der Waals surface area contributed by atoms with Crippen LogP contribution in [0.1, 0.15) is 20.3 Å². The molecule has 0 aromatic carbocycles. The van der Waals surface area contributed by atoms with Crippen molar-refractivity contribution in [3.8, 4) is 0 Å². The van der Waals surface area contributed by atoms with Gasteiger partial charge in [0.2, 0.25) is 0 Å². The molecular formula is C6H11NS. The summed E-state index contributed by atoms with van der Waals surface area (Å²) in [6.45, 7) is 7.62. The van der Waals surface area contributed by atoms with Gasteiger partial charge in [-0.1, -0.05) is 13.5 Å². The van der Waals surface area contributed by atoms with Gasteiger partial charge in [-0.25, -0.2) is 4.40 Å². The van der Waals surface area contributed by atoms with Crippen LogP contribution in [0.2, 0.25) is 0 Å². The van der Waals surface area contributed by atoms with Gasteiger partial charge < -0.3 is 0 Å². The molecule has 1 nitrogen and oxygen atoms in total. The van der Waals surface area contributed by atoms with Gasteiger partial charge >= 0.3 is 0 Å². The quantitative estimate of drug-likeness (QED) is 0.421. The van der Waals surface area contributed by atoms with Crippen LogP contribution in [0.4, 0.5) is 0 Å². The molecule has 0 fully saturated rings. The molecule has 46 valence electrons. The van der Waals surface area contributed by atoms with Crippen LogP contribution in [-0.2, 0) is 0 Å². The summed E-state index contributed by atoms with van der Waals surface area (Å²) in [5.41, 5.74) is 1.16. The van der Waals surface area contributed by atoms with Gasteiger partial charge in [0.25, 0.3) is 0 Å². The van der Waals surface area contributed by atoms with E-state index >= 15 is 0 Å². The minimum absolute atomic E-state index is 1.03. The predicted molar refractivity (Wildman–Crippen MR) is 41.2 cm³/mol. The fourth-order valence-corrected chi connectivity index (χ4v) is 0.575. The summed E-state index contributed by atoms with van der Waals surface area (Å²) in [7, 11) is 0. The Labute approximate surface area is 55.0 Å². The standard InChI is InChI=1S/C6H11NS/c1-4-6(3)7-8-5-2/h5H,2,4H2,1,3H3/b7-6-. The van der Waals surface area contributed by atoms with Crippen molar-refractivity contribution in [2.75, 3.05) is 0 Å². The van der Waals surface area contributed by atoms with E-state index < -0.39 is 0 Å². The van der Waals surface area contributed by atoms with Crippen molar-refractivity contribution in [3.05, 3.63) is 12.0 Å². The molecule has 0 aliphatic rings. The highest BCUT2D eigenvalue weighted by Gasteiger charge is 1.80. The van der Waals surface area contributed by atoms with Crippen LogP contribution in [0.5, 0.6) is 0 Å². The maximum atomic E-state index is 4.08. The maximum Gasteiger partial charge on any atom is 0.0232 e. The van der Waals surface area contributed by atoms with Crippen molar-refractivity contribution in [2.24, 2.45) is 4.40 Å². The third kappa shape index (κ3) is 3.93. The van der Waals surface area contributed by atoms with Crippen LogP contribution in [0.25, 0.3) is 0 Å². The van der Waals surface area contributed by atoms with Crippen molar-refractivity contribution >= 4 is 17.7 Å². The van der Waals surface area contributed by atoms with Crippen LogP contribution < -0.4 is 0 Å². The Morgan fingerprint density at radius 1 is 1.88 bits per heavy atom. The van der Waals surface area contributed by atoms with Gasteiger partial charge in [-0.05, 0) is 18.8 Å².